The van der Waals surface area contributed by atoms with Gasteiger partial charge in [-0.3, -0.25) is 4.79 Å². The van der Waals surface area contributed by atoms with Crippen molar-refractivity contribution in [3.05, 3.63) is 0 Å². The molecule has 0 bridgehead atoms. The number of sulfonamides is 1. The van der Waals surface area contributed by atoms with Gasteiger partial charge in [-0.05, 0) is 19.8 Å². The standard InChI is InChI=1S/C10H19NO5S/c1-8(9(13)14)17(15,16)11-6-10(7-12)4-2-3-5-10/h8,11-12H,2-7H2,1H3,(H,13,14). The lowest BCUT2D eigenvalue weighted by atomic mass is 9.88. The molecule has 0 aromatic rings. The Kier molecular flexibility index (Phi) is 4.51. The fourth-order valence-corrected chi connectivity index (χ4v) is 3.05. The predicted molar refractivity (Wildman–Crippen MR) is 62.0 cm³/mol. The number of carboxylic acid groups (broad SMARTS) is 1. The maximum atomic E-state index is 11.6. The Labute approximate surface area is 101 Å². The van der Waals surface area contributed by atoms with Crippen LogP contribution < -0.4 is 4.72 Å². The molecule has 0 radical (unpaired) electrons. The van der Waals surface area contributed by atoms with Gasteiger partial charge in [0, 0.05) is 18.6 Å². The lowest BCUT2D eigenvalue weighted by Gasteiger charge is -2.26. The van der Waals surface area contributed by atoms with Crippen LogP contribution in [0, 0.1) is 5.41 Å². The molecule has 0 amide bonds. The first-order valence-electron chi connectivity index (χ1n) is 5.65. The predicted octanol–water partition coefficient (Wildman–Crippen LogP) is -0.0684. The second-order valence-electron chi connectivity index (χ2n) is 4.71. The molecule has 1 aliphatic carbocycles. The molecule has 0 aromatic heterocycles. The molecule has 7 heteroatoms. The van der Waals surface area contributed by atoms with E-state index in [9.17, 15) is 18.3 Å². The van der Waals surface area contributed by atoms with E-state index < -0.39 is 26.7 Å². The third-order valence-electron chi connectivity index (χ3n) is 3.46. The van der Waals surface area contributed by atoms with Crippen molar-refractivity contribution in [1.29, 1.82) is 0 Å². The van der Waals surface area contributed by atoms with Crippen LogP contribution >= 0.6 is 0 Å². The first-order chi connectivity index (χ1) is 7.83. The van der Waals surface area contributed by atoms with E-state index in [1.807, 2.05) is 0 Å². The molecule has 0 aliphatic heterocycles. The lowest BCUT2D eigenvalue weighted by molar-refractivity contribution is -0.136. The van der Waals surface area contributed by atoms with Crippen molar-refractivity contribution in [1.82, 2.24) is 4.72 Å². The monoisotopic (exact) mass is 265 g/mol. The fourth-order valence-electron chi connectivity index (χ4n) is 2.03. The summed E-state index contributed by atoms with van der Waals surface area (Å²) in [7, 11) is -3.86. The van der Waals surface area contributed by atoms with Crippen LogP contribution in [0.25, 0.3) is 0 Å². The second-order valence-corrected chi connectivity index (χ2v) is 6.80. The van der Waals surface area contributed by atoms with Crippen LogP contribution in [0.5, 0.6) is 0 Å². The molecule has 1 rings (SSSR count). The molecular weight excluding hydrogens is 246 g/mol. The number of carbonyl (C=O) groups is 1. The Morgan fingerprint density at radius 2 is 1.94 bits per heavy atom. The minimum atomic E-state index is -3.86. The molecule has 0 aromatic carbocycles. The number of aliphatic hydroxyl groups excluding tert-OH is 1. The summed E-state index contributed by atoms with van der Waals surface area (Å²) in [5.41, 5.74) is -0.411. The zero-order chi connectivity index (χ0) is 13.1. The van der Waals surface area contributed by atoms with Gasteiger partial charge in [-0.15, -0.1) is 0 Å². The summed E-state index contributed by atoms with van der Waals surface area (Å²) in [6.07, 6.45) is 3.48. The summed E-state index contributed by atoms with van der Waals surface area (Å²) < 4.78 is 25.5. The minimum Gasteiger partial charge on any atom is -0.480 e. The van der Waals surface area contributed by atoms with Gasteiger partial charge in [0.05, 0.1) is 0 Å². The highest BCUT2D eigenvalue weighted by Crippen LogP contribution is 2.37. The quantitative estimate of drug-likeness (QED) is 0.624. The normalized spacial score (nSPS) is 21.3. The number of hydrogen-bond donors (Lipinski definition) is 3. The molecule has 1 unspecified atom stereocenters. The van der Waals surface area contributed by atoms with Crippen LogP contribution in [0.2, 0.25) is 0 Å². The van der Waals surface area contributed by atoms with Gasteiger partial charge in [0.1, 0.15) is 0 Å². The Balaban J connectivity index is 2.63. The highest BCUT2D eigenvalue weighted by molar-refractivity contribution is 7.90. The van der Waals surface area contributed by atoms with Crippen molar-refractivity contribution >= 4 is 16.0 Å². The molecule has 17 heavy (non-hydrogen) atoms. The van der Waals surface area contributed by atoms with Crippen LogP contribution in [0.1, 0.15) is 32.6 Å². The zero-order valence-electron chi connectivity index (χ0n) is 9.85. The van der Waals surface area contributed by atoms with E-state index >= 15 is 0 Å². The maximum absolute atomic E-state index is 11.6. The average molecular weight is 265 g/mol. The van der Waals surface area contributed by atoms with E-state index in [0.717, 1.165) is 32.6 Å². The summed E-state index contributed by atoms with van der Waals surface area (Å²) in [4.78, 5) is 10.6. The van der Waals surface area contributed by atoms with E-state index in [1.165, 1.54) is 0 Å². The van der Waals surface area contributed by atoms with Crippen LogP contribution in [0.3, 0.4) is 0 Å². The number of aliphatic carboxylic acids is 1. The van der Waals surface area contributed by atoms with E-state index in [-0.39, 0.29) is 13.2 Å². The molecule has 0 heterocycles. The smallest absolute Gasteiger partial charge is 0.323 e. The van der Waals surface area contributed by atoms with Gasteiger partial charge >= 0.3 is 5.97 Å². The first kappa shape index (κ1) is 14.4. The number of aliphatic hydroxyl groups is 1. The zero-order valence-corrected chi connectivity index (χ0v) is 10.7. The van der Waals surface area contributed by atoms with Crippen LogP contribution in [0.4, 0.5) is 0 Å². The van der Waals surface area contributed by atoms with Gasteiger partial charge in [-0.2, -0.15) is 0 Å². The first-order valence-corrected chi connectivity index (χ1v) is 7.20. The highest BCUT2D eigenvalue weighted by Gasteiger charge is 2.36. The summed E-state index contributed by atoms with van der Waals surface area (Å²) in [6.45, 7) is 1.17. The minimum absolute atomic E-state index is 0.0724. The molecule has 1 atom stereocenters. The highest BCUT2D eigenvalue weighted by atomic mass is 32.2. The van der Waals surface area contributed by atoms with Gasteiger partial charge in [0.15, 0.2) is 5.25 Å². The van der Waals surface area contributed by atoms with Gasteiger partial charge in [-0.25, -0.2) is 13.1 Å². The molecule has 3 N–H and O–H groups in total. The molecule has 1 fully saturated rings. The molecule has 0 spiro atoms. The third kappa shape index (κ3) is 3.40. The van der Waals surface area contributed by atoms with E-state index in [1.54, 1.807) is 0 Å². The third-order valence-corrected chi connectivity index (χ3v) is 5.14. The molecule has 1 aliphatic rings. The van der Waals surface area contributed by atoms with Gasteiger partial charge in [0.2, 0.25) is 10.0 Å². The Morgan fingerprint density at radius 1 is 1.41 bits per heavy atom. The van der Waals surface area contributed by atoms with Crippen LogP contribution in [-0.2, 0) is 14.8 Å². The van der Waals surface area contributed by atoms with Crippen molar-refractivity contribution in [3.8, 4) is 0 Å². The lowest BCUT2D eigenvalue weighted by Crippen LogP contribution is -2.43. The van der Waals surface area contributed by atoms with Crippen molar-refractivity contribution in [3.63, 3.8) is 0 Å². The van der Waals surface area contributed by atoms with E-state index in [0.29, 0.717) is 0 Å². The summed E-state index contributed by atoms with van der Waals surface area (Å²) in [5.74, 6) is -1.37. The van der Waals surface area contributed by atoms with Gasteiger partial charge < -0.3 is 10.2 Å². The maximum Gasteiger partial charge on any atom is 0.323 e. The average Bonchev–Trinajstić information content (AvgIpc) is 2.75. The number of hydrogen-bond acceptors (Lipinski definition) is 4. The number of nitrogens with one attached hydrogen (secondary N) is 1. The van der Waals surface area contributed by atoms with Crippen molar-refractivity contribution in [2.24, 2.45) is 5.41 Å². The molecule has 0 saturated heterocycles. The second kappa shape index (κ2) is 5.32. The van der Waals surface area contributed by atoms with Crippen molar-refractivity contribution in [2.45, 2.75) is 37.9 Å². The Bertz CT molecular complexity index is 372. The van der Waals surface area contributed by atoms with Crippen molar-refractivity contribution in [2.75, 3.05) is 13.2 Å². The molecule has 100 valence electrons. The van der Waals surface area contributed by atoms with E-state index in [2.05, 4.69) is 4.72 Å². The van der Waals surface area contributed by atoms with E-state index in [4.69, 9.17) is 5.11 Å². The van der Waals surface area contributed by atoms with Gasteiger partial charge in [-0.1, -0.05) is 12.8 Å². The largest absolute Gasteiger partial charge is 0.480 e. The summed E-state index contributed by atoms with van der Waals surface area (Å²) in [6, 6.07) is 0. The summed E-state index contributed by atoms with van der Waals surface area (Å²) >= 11 is 0. The Hall–Kier alpha value is -0.660. The molecule has 1 saturated carbocycles. The van der Waals surface area contributed by atoms with Crippen LogP contribution in [0.15, 0.2) is 0 Å². The SMILES string of the molecule is CC(C(=O)O)S(=O)(=O)NCC1(CO)CCCC1. The number of rotatable bonds is 6. The van der Waals surface area contributed by atoms with Crippen LogP contribution in [-0.4, -0.2) is 43.0 Å². The number of carboxylic acids is 1. The summed E-state index contributed by atoms with van der Waals surface area (Å²) in [5, 5.41) is 16.5. The van der Waals surface area contributed by atoms with Gasteiger partial charge in [0.25, 0.3) is 0 Å². The molecule has 6 nitrogen and oxygen atoms in total. The van der Waals surface area contributed by atoms with Crippen molar-refractivity contribution < 1.29 is 23.4 Å². The topological polar surface area (TPSA) is 104 Å². The molecular formula is C10H19NO5S. The fraction of sp³-hybridized carbons (Fsp3) is 0.900. The Morgan fingerprint density at radius 3 is 2.35 bits per heavy atom.